The Kier molecular flexibility index (Phi) is 4.75. The van der Waals surface area contributed by atoms with Gasteiger partial charge in [0, 0.05) is 35.6 Å². The molecular formula is C16H18N4O3S. The minimum atomic E-state index is -0.418. The van der Waals surface area contributed by atoms with E-state index in [0.717, 1.165) is 31.7 Å². The van der Waals surface area contributed by atoms with Crippen LogP contribution in [0.15, 0.2) is 29.1 Å². The van der Waals surface area contributed by atoms with Crippen LogP contribution in [0, 0.1) is 17.0 Å². The molecule has 0 unspecified atom stereocenters. The van der Waals surface area contributed by atoms with Crippen molar-refractivity contribution in [3.63, 3.8) is 0 Å². The third-order valence-electron chi connectivity index (χ3n) is 4.20. The number of amides is 1. The molecule has 0 spiro atoms. The molecule has 0 radical (unpaired) electrons. The molecule has 1 fully saturated rings. The van der Waals surface area contributed by atoms with Crippen molar-refractivity contribution in [1.29, 1.82) is 0 Å². The molecule has 1 N–H and O–H groups in total. The van der Waals surface area contributed by atoms with Gasteiger partial charge in [0.1, 0.15) is 12.0 Å². The van der Waals surface area contributed by atoms with Crippen molar-refractivity contribution in [2.24, 2.45) is 0 Å². The lowest BCUT2D eigenvalue weighted by Gasteiger charge is -2.33. The zero-order valence-electron chi connectivity index (χ0n) is 13.3. The fourth-order valence-corrected chi connectivity index (χ4v) is 3.45. The van der Waals surface area contributed by atoms with Gasteiger partial charge in [0.15, 0.2) is 0 Å². The van der Waals surface area contributed by atoms with Gasteiger partial charge >= 0.3 is 0 Å². The highest BCUT2D eigenvalue weighted by Crippen LogP contribution is 2.24. The van der Waals surface area contributed by atoms with Crippen molar-refractivity contribution < 1.29 is 9.72 Å². The van der Waals surface area contributed by atoms with Gasteiger partial charge in [0.25, 0.3) is 11.6 Å². The van der Waals surface area contributed by atoms with Crippen LogP contribution >= 0.6 is 11.3 Å². The average molecular weight is 346 g/mol. The third kappa shape index (κ3) is 3.53. The fraction of sp³-hybridized carbons (Fsp3) is 0.375. The predicted octanol–water partition coefficient (Wildman–Crippen LogP) is 2.76. The van der Waals surface area contributed by atoms with Crippen molar-refractivity contribution in [2.75, 3.05) is 18.0 Å². The van der Waals surface area contributed by atoms with Crippen LogP contribution in [0.4, 0.5) is 11.5 Å². The van der Waals surface area contributed by atoms with E-state index in [1.807, 2.05) is 16.8 Å². The quantitative estimate of drug-likeness (QED) is 0.679. The molecule has 3 heterocycles. The highest BCUT2D eigenvalue weighted by atomic mass is 32.1. The van der Waals surface area contributed by atoms with Gasteiger partial charge in [-0.3, -0.25) is 14.9 Å². The number of hydrogen-bond donors (Lipinski definition) is 1. The van der Waals surface area contributed by atoms with E-state index in [-0.39, 0.29) is 17.6 Å². The minimum absolute atomic E-state index is 0.0287. The number of nitrogens with one attached hydrogen (secondary N) is 1. The average Bonchev–Trinajstić information content (AvgIpc) is 3.09. The first-order valence-electron chi connectivity index (χ1n) is 7.73. The summed E-state index contributed by atoms with van der Waals surface area (Å²) in [5.41, 5.74) is 1.35. The van der Waals surface area contributed by atoms with Crippen molar-refractivity contribution in [2.45, 2.75) is 25.8 Å². The number of nitro groups is 1. The Bertz CT molecular complexity index is 740. The molecule has 7 nitrogen and oxygen atoms in total. The molecule has 126 valence electrons. The monoisotopic (exact) mass is 346 g/mol. The topological polar surface area (TPSA) is 88.4 Å². The van der Waals surface area contributed by atoms with Crippen molar-refractivity contribution >= 4 is 28.7 Å². The van der Waals surface area contributed by atoms with E-state index in [9.17, 15) is 14.9 Å². The summed E-state index contributed by atoms with van der Waals surface area (Å²) in [7, 11) is 0. The summed E-state index contributed by atoms with van der Waals surface area (Å²) in [4.78, 5) is 28.8. The van der Waals surface area contributed by atoms with E-state index in [1.165, 1.54) is 17.5 Å². The zero-order valence-corrected chi connectivity index (χ0v) is 14.1. The van der Waals surface area contributed by atoms with E-state index in [0.29, 0.717) is 11.1 Å². The molecule has 1 aliphatic rings. The normalized spacial score (nSPS) is 15.3. The standard InChI is InChI=1S/C16H18N4O3S/c1-11-8-15(17-9-14(11)20(22)23)19-5-2-13(3-6-19)18-16(21)12-4-7-24-10-12/h4,7-10,13H,2-3,5-6H2,1H3,(H,18,21). The van der Waals surface area contributed by atoms with E-state index in [2.05, 4.69) is 15.2 Å². The molecule has 0 aliphatic carbocycles. The van der Waals surface area contributed by atoms with E-state index in [1.54, 1.807) is 13.0 Å². The highest BCUT2D eigenvalue weighted by Gasteiger charge is 2.23. The first-order valence-corrected chi connectivity index (χ1v) is 8.68. The highest BCUT2D eigenvalue weighted by molar-refractivity contribution is 7.08. The molecule has 8 heteroatoms. The van der Waals surface area contributed by atoms with E-state index in [4.69, 9.17) is 0 Å². The predicted molar refractivity (Wildman–Crippen MR) is 92.6 cm³/mol. The zero-order chi connectivity index (χ0) is 17.1. The van der Waals surface area contributed by atoms with Gasteiger partial charge in [-0.15, -0.1) is 0 Å². The number of aromatic nitrogens is 1. The van der Waals surface area contributed by atoms with Crippen LogP contribution in [0.2, 0.25) is 0 Å². The number of hydrogen-bond acceptors (Lipinski definition) is 6. The lowest BCUT2D eigenvalue weighted by molar-refractivity contribution is -0.385. The lowest BCUT2D eigenvalue weighted by atomic mass is 10.0. The summed E-state index contributed by atoms with van der Waals surface area (Å²) in [5.74, 6) is 0.722. The lowest BCUT2D eigenvalue weighted by Crippen LogP contribution is -2.44. The van der Waals surface area contributed by atoms with Gasteiger partial charge in [-0.2, -0.15) is 11.3 Å². The molecule has 2 aromatic rings. The molecular weight excluding hydrogens is 328 g/mol. The number of piperidine rings is 1. The Hall–Kier alpha value is -2.48. The summed E-state index contributed by atoms with van der Waals surface area (Å²) in [5, 5.41) is 17.7. The second-order valence-corrected chi connectivity index (χ2v) is 6.61. The third-order valence-corrected chi connectivity index (χ3v) is 4.89. The van der Waals surface area contributed by atoms with Crippen molar-refractivity contribution in [3.8, 4) is 0 Å². The minimum Gasteiger partial charge on any atom is -0.356 e. The number of anilines is 1. The number of carbonyl (C=O) groups is 1. The van der Waals surface area contributed by atoms with Crippen LogP contribution in [-0.2, 0) is 0 Å². The molecule has 3 rings (SSSR count). The maximum Gasteiger partial charge on any atom is 0.290 e. The molecule has 0 atom stereocenters. The number of thiophene rings is 1. The Morgan fingerprint density at radius 2 is 2.21 bits per heavy atom. The summed E-state index contributed by atoms with van der Waals surface area (Å²) in [6.07, 6.45) is 2.97. The van der Waals surface area contributed by atoms with Crippen LogP contribution in [0.3, 0.4) is 0 Å². The number of pyridine rings is 1. The van der Waals surface area contributed by atoms with Gasteiger partial charge in [-0.25, -0.2) is 4.98 Å². The Balaban J connectivity index is 1.58. The fourth-order valence-electron chi connectivity index (χ4n) is 2.81. The van der Waals surface area contributed by atoms with Gasteiger partial charge in [0.05, 0.1) is 4.92 Å². The number of carbonyl (C=O) groups excluding carboxylic acids is 1. The van der Waals surface area contributed by atoms with Crippen LogP contribution in [-0.4, -0.2) is 34.9 Å². The van der Waals surface area contributed by atoms with Crippen LogP contribution < -0.4 is 10.2 Å². The van der Waals surface area contributed by atoms with Gasteiger partial charge in [0.2, 0.25) is 0 Å². The summed E-state index contributed by atoms with van der Waals surface area (Å²) in [6.45, 7) is 3.24. The Morgan fingerprint density at radius 3 is 2.79 bits per heavy atom. The van der Waals surface area contributed by atoms with Gasteiger partial charge < -0.3 is 10.2 Å². The summed E-state index contributed by atoms with van der Waals surface area (Å²) < 4.78 is 0. The Labute approximate surface area is 143 Å². The molecule has 0 aromatic carbocycles. The number of nitrogens with zero attached hydrogens (tertiary/aromatic N) is 3. The van der Waals surface area contributed by atoms with E-state index < -0.39 is 4.92 Å². The second kappa shape index (κ2) is 6.96. The van der Waals surface area contributed by atoms with Crippen molar-refractivity contribution in [3.05, 3.63) is 50.3 Å². The molecule has 1 aliphatic heterocycles. The number of rotatable bonds is 4. The van der Waals surface area contributed by atoms with Crippen LogP contribution in [0.5, 0.6) is 0 Å². The number of aryl methyl sites for hydroxylation is 1. The molecule has 2 aromatic heterocycles. The maximum absolute atomic E-state index is 12.1. The Morgan fingerprint density at radius 1 is 1.46 bits per heavy atom. The molecule has 0 saturated carbocycles. The van der Waals surface area contributed by atoms with Gasteiger partial charge in [-0.05, 0) is 37.3 Å². The molecule has 1 saturated heterocycles. The largest absolute Gasteiger partial charge is 0.356 e. The molecule has 1 amide bonds. The second-order valence-electron chi connectivity index (χ2n) is 5.83. The van der Waals surface area contributed by atoms with Gasteiger partial charge in [-0.1, -0.05) is 0 Å². The summed E-state index contributed by atoms with van der Waals surface area (Å²) in [6, 6.07) is 3.72. The van der Waals surface area contributed by atoms with E-state index >= 15 is 0 Å². The summed E-state index contributed by atoms with van der Waals surface area (Å²) >= 11 is 1.51. The van der Waals surface area contributed by atoms with Crippen molar-refractivity contribution in [1.82, 2.24) is 10.3 Å². The first kappa shape index (κ1) is 16.4. The SMILES string of the molecule is Cc1cc(N2CCC(NC(=O)c3ccsc3)CC2)ncc1[N+](=O)[O-]. The molecule has 0 bridgehead atoms. The first-order chi connectivity index (χ1) is 11.5. The maximum atomic E-state index is 12.1. The molecule has 24 heavy (non-hydrogen) atoms. The van der Waals surface area contributed by atoms with Crippen LogP contribution in [0.25, 0.3) is 0 Å². The van der Waals surface area contributed by atoms with Crippen LogP contribution in [0.1, 0.15) is 28.8 Å². The smallest absolute Gasteiger partial charge is 0.290 e.